The van der Waals surface area contributed by atoms with Gasteiger partial charge in [0.1, 0.15) is 5.82 Å². The van der Waals surface area contributed by atoms with E-state index in [1.54, 1.807) is 19.1 Å². The number of halogens is 1. The highest BCUT2D eigenvalue weighted by Crippen LogP contribution is 2.27. The predicted molar refractivity (Wildman–Crippen MR) is 71.2 cm³/mol. The van der Waals surface area contributed by atoms with Gasteiger partial charge in [0, 0.05) is 6.42 Å². The maximum Gasteiger partial charge on any atom is 0.227 e. The van der Waals surface area contributed by atoms with Crippen LogP contribution < -0.4 is 4.90 Å². The quantitative estimate of drug-likeness (QED) is 0.850. The Morgan fingerprint density at radius 1 is 1.42 bits per heavy atom. The number of hydrogen-bond acceptors (Lipinski definition) is 3. The second-order valence-corrected chi connectivity index (χ2v) is 6.85. The van der Waals surface area contributed by atoms with Crippen LogP contribution in [0.25, 0.3) is 0 Å². The minimum atomic E-state index is -3.12. The average molecular weight is 285 g/mol. The van der Waals surface area contributed by atoms with Crippen LogP contribution in [0.2, 0.25) is 0 Å². The van der Waals surface area contributed by atoms with Gasteiger partial charge in [0.2, 0.25) is 5.91 Å². The number of carbonyl (C=O) groups is 1. The van der Waals surface area contributed by atoms with E-state index in [2.05, 4.69) is 0 Å². The summed E-state index contributed by atoms with van der Waals surface area (Å²) in [5, 5.41) is 0. The summed E-state index contributed by atoms with van der Waals surface area (Å²) < 4.78 is 36.9. The largest absolute Gasteiger partial charge is 0.305 e. The fourth-order valence-corrected chi connectivity index (χ4v) is 4.03. The van der Waals surface area contributed by atoms with Crippen LogP contribution in [0.3, 0.4) is 0 Å². The molecule has 0 bridgehead atoms. The summed E-state index contributed by atoms with van der Waals surface area (Å²) in [7, 11) is -3.12. The zero-order chi connectivity index (χ0) is 14.0. The van der Waals surface area contributed by atoms with Crippen LogP contribution >= 0.6 is 0 Å². The molecule has 0 spiro atoms. The Morgan fingerprint density at radius 3 is 2.63 bits per heavy atom. The van der Waals surface area contributed by atoms with Gasteiger partial charge >= 0.3 is 0 Å². The molecule has 0 aromatic heterocycles. The van der Waals surface area contributed by atoms with Gasteiger partial charge in [-0.15, -0.1) is 0 Å². The molecule has 104 valence electrons. The summed E-state index contributed by atoms with van der Waals surface area (Å²) in [5.41, 5.74) is 0.163. The summed E-state index contributed by atoms with van der Waals surface area (Å²) in [4.78, 5) is 13.3. The standard InChI is InChI=1S/C13H16FNO3S/c1-2-13(16)15(10-7-8-19(17,18)9-10)12-6-4-3-5-11(12)14/h3-6,10H,2,7-9H2,1H3. The van der Waals surface area contributed by atoms with E-state index in [1.807, 2.05) is 0 Å². The number of amides is 1. The van der Waals surface area contributed by atoms with Gasteiger partial charge in [-0.2, -0.15) is 0 Å². The lowest BCUT2D eigenvalue weighted by Crippen LogP contribution is -2.41. The first-order valence-corrected chi connectivity index (χ1v) is 8.04. The molecule has 1 saturated heterocycles. The summed E-state index contributed by atoms with van der Waals surface area (Å²) in [6, 6.07) is 5.49. The maximum atomic E-state index is 13.8. The molecule has 1 heterocycles. The smallest absolute Gasteiger partial charge is 0.227 e. The molecule has 1 aromatic carbocycles. The van der Waals surface area contributed by atoms with E-state index < -0.39 is 21.7 Å². The van der Waals surface area contributed by atoms with E-state index in [-0.39, 0.29) is 29.5 Å². The molecule has 1 aliphatic rings. The zero-order valence-corrected chi connectivity index (χ0v) is 11.5. The number of carbonyl (C=O) groups excluding carboxylic acids is 1. The predicted octanol–water partition coefficient (Wildman–Crippen LogP) is 1.76. The first-order chi connectivity index (χ1) is 8.94. The minimum absolute atomic E-state index is 0.0552. The zero-order valence-electron chi connectivity index (χ0n) is 10.7. The van der Waals surface area contributed by atoms with E-state index in [9.17, 15) is 17.6 Å². The lowest BCUT2D eigenvalue weighted by molar-refractivity contribution is -0.118. The van der Waals surface area contributed by atoms with E-state index in [4.69, 9.17) is 0 Å². The molecule has 4 nitrogen and oxygen atoms in total. The van der Waals surface area contributed by atoms with Crippen molar-refractivity contribution in [3.63, 3.8) is 0 Å². The molecular formula is C13H16FNO3S. The number of nitrogens with zero attached hydrogens (tertiary/aromatic N) is 1. The lowest BCUT2D eigenvalue weighted by Gasteiger charge is -2.28. The molecule has 1 fully saturated rings. The fraction of sp³-hybridized carbons (Fsp3) is 0.462. The van der Waals surface area contributed by atoms with Crippen LogP contribution in [0, 0.1) is 5.82 Å². The number of sulfone groups is 1. The van der Waals surface area contributed by atoms with Crippen molar-refractivity contribution in [1.29, 1.82) is 0 Å². The summed E-state index contributed by atoms with van der Waals surface area (Å²) in [6.07, 6.45) is 0.577. The van der Waals surface area contributed by atoms with E-state index >= 15 is 0 Å². The van der Waals surface area contributed by atoms with Crippen LogP contribution in [0.15, 0.2) is 24.3 Å². The van der Waals surface area contributed by atoms with Gasteiger partial charge in [-0.25, -0.2) is 12.8 Å². The molecular weight excluding hydrogens is 269 g/mol. The van der Waals surface area contributed by atoms with Crippen LogP contribution in [0.1, 0.15) is 19.8 Å². The van der Waals surface area contributed by atoms with Crippen molar-refractivity contribution in [2.45, 2.75) is 25.8 Å². The van der Waals surface area contributed by atoms with Crippen molar-refractivity contribution in [2.24, 2.45) is 0 Å². The lowest BCUT2D eigenvalue weighted by atomic mass is 10.1. The molecule has 6 heteroatoms. The summed E-state index contributed by atoms with van der Waals surface area (Å²) in [6.45, 7) is 1.68. The second-order valence-electron chi connectivity index (χ2n) is 4.63. The van der Waals surface area contributed by atoms with Crippen molar-refractivity contribution in [2.75, 3.05) is 16.4 Å². The van der Waals surface area contributed by atoms with Gasteiger partial charge in [-0.3, -0.25) is 4.79 Å². The van der Waals surface area contributed by atoms with Gasteiger partial charge in [0.25, 0.3) is 0 Å². The normalized spacial score (nSPS) is 21.3. The molecule has 0 saturated carbocycles. The first-order valence-electron chi connectivity index (χ1n) is 6.21. The molecule has 0 aliphatic carbocycles. The molecule has 0 N–H and O–H groups in total. The van der Waals surface area contributed by atoms with Gasteiger partial charge in [-0.05, 0) is 18.6 Å². The van der Waals surface area contributed by atoms with Crippen molar-refractivity contribution in [3.8, 4) is 0 Å². The Labute approximate surface area is 112 Å². The molecule has 1 aromatic rings. The average Bonchev–Trinajstić information content (AvgIpc) is 2.72. The monoisotopic (exact) mass is 285 g/mol. The van der Waals surface area contributed by atoms with Crippen molar-refractivity contribution < 1.29 is 17.6 Å². The van der Waals surface area contributed by atoms with Crippen molar-refractivity contribution >= 4 is 21.4 Å². The number of para-hydroxylation sites is 1. The van der Waals surface area contributed by atoms with E-state index in [0.717, 1.165) is 0 Å². The number of anilines is 1. The van der Waals surface area contributed by atoms with Crippen LogP contribution in [-0.4, -0.2) is 31.9 Å². The highest BCUT2D eigenvalue weighted by Gasteiger charge is 2.35. The summed E-state index contributed by atoms with van der Waals surface area (Å²) >= 11 is 0. The molecule has 1 unspecified atom stereocenters. The first kappa shape index (κ1) is 14.0. The Kier molecular flexibility index (Phi) is 3.89. The Bertz CT molecular complexity index is 585. The van der Waals surface area contributed by atoms with Gasteiger partial charge in [0.15, 0.2) is 9.84 Å². The van der Waals surface area contributed by atoms with Gasteiger partial charge < -0.3 is 4.90 Å². The number of rotatable bonds is 3. The SMILES string of the molecule is CCC(=O)N(c1ccccc1F)C1CCS(=O)(=O)C1. The molecule has 1 aliphatic heterocycles. The topological polar surface area (TPSA) is 54.5 Å². The maximum absolute atomic E-state index is 13.8. The molecule has 0 radical (unpaired) electrons. The second kappa shape index (κ2) is 5.28. The van der Waals surface area contributed by atoms with Crippen LogP contribution in [-0.2, 0) is 14.6 Å². The fourth-order valence-electron chi connectivity index (χ4n) is 2.33. The number of hydrogen-bond donors (Lipinski definition) is 0. The Balaban J connectivity index is 2.38. The Morgan fingerprint density at radius 2 is 2.11 bits per heavy atom. The highest BCUT2D eigenvalue weighted by molar-refractivity contribution is 7.91. The van der Waals surface area contributed by atoms with Gasteiger partial charge in [-0.1, -0.05) is 19.1 Å². The Hall–Kier alpha value is -1.43. The third kappa shape index (κ3) is 2.94. The molecule has 1 atom stereocenters. The third-order valence-corrected chi connectivity index (χ3v) is 5.01. The van der Waals surface area contributed by atoms with Crippen LogP contribution in [0.5, 0.6) is 0 Å². The van der Waals surface area contributed by atoms with Gasteiger partial charge in [0.05, 0.1) is 23.2 Å². The van der Waals surface area contributed by atoms with Crippen LogP contribution in [0.4, 0.5) is 10.1 Å². The van der Waals surface area contributed by atoms with E-state index in [0.29, 0.717) is 6.42 Å². The molecule has 19 heavy (non-hydrogen) atoms. The molecule has 1 amide bonds. The molecule has 2 rings (SSSR count). The van der Waals surface area contributed by atoms with Crippen molar-refractivity contribution in [1.82, 2.24) is 0 Å². The minimum Gasteiger partial charge on any atom is -0.305 e. The third-order valence-electron chi connectivity index (χ3n) is 3.26. The van der Waals surface area contributed by atoms with Crippen molar-refractivity contribution in [3.05, 3.63) is 30.1 Å². The number of benzene rings is 1. The summed E-state index contributed by atoms with van der Waals surface area (Å²) in [5.74, 6) is -0.798. The highest BCUT2D eigenvalue weighted by atomic mass is 32.2. The van der Waals surface area contributed by atoms with E-state index in [1.165, 1.54) is 17.0 Å².